The normalized spacial score (nSPS) is 17.5. The second kappa shape index (κ2) is 7.34. The van der Waals surface area contributed by atoms with Crippen LogP contribution in [0.1, 0.15) is 24.2 Å². The molecule has 4 rings (SSSR count). The fraction of sp³-hybridized carbons (Fsp3) is 0.368. The molecular formula is C19H19F3N6O. The first-order chi connectivity index (χ1) is 13.8. The molecule has 29 heavy (non-hydrogen) atoms. The van der Waals surface area contributed by atoms with Gasteiger partial charge >= 0.3 is 6.18 Å². The number of aromatic nitrogens is 4. The summed E-state index contributed by atoms with van der Waals surface area (Å²) in [5.41, 5.74) is 0.254. The maximum Gasteiger partial charge on any atom is 0.416 e. The Labute approximate surface area is 164 Å². The number of rotatable bonds is 3. The number of fused-ring (bicyclic) bond motifs is 1. The van der Waals surface area contributed by atoms with Crippen LogP contribution in [0.4, 0.5) is 24.7 Å². The van der Waals surface area contributed by atoms with Crippen molar-refractivity contribution in [1.82, 2.24) is 19.8 Å². The summed E-state index contributed by atoms with van der Waals surface area (Å²) < 4.78 is 39.7. The maximum atomic E-state index is 12.7. The predicted molar refractivity (Wildman–Crippen MR) is 101 cm³/mol. The van der Waals surface area contributed by atoms with Gasteiger partial charge in [-0.2, -0.15) is 17.7 Å². The molecule has 7 nitrogen and oxygen atoms in total. The summed E-state index contributed by atoms with van der Waals surface area (Å²) in [6.45, 7) is 3.06. The van der Waals surface area contributed by atoms with Crippen LogP contribution in [0.5, 0.6) is 0 Å². The first-order valence-corrected chi connectivity index (χ1v) is 9.23. The number of aryl methyl sites for hydroxylation is 1. The van der Waals surface area contributed by atoms with Crippen LogP contribution in [-0.2, 0) is 11.0 Å². The Morgan fingerprint density at radius 3 is 2.62 bits per heavy atom. The van der Waals surface area contributed by atoms with Crippen molar-refractivity contribution in [3.63, 3.8) is 0 Å². The van der Waals surface area contributed by atoms with Crippen LogP contribution in [0, 0.1) is 12.8 Å². The van der Waals surface area contributed by atoms with Crippen molar-refractivity contribution in [2.24, 2.45) is 5.92 Å². The molecule has 152 valence electrons. The smallest absolute Gasteiger partial charge is 0.354 e. The highest BCUT2D eigenvalue weighted by atomic mass is 19.4. The monoisotopic (exact) mass is 404 g/mol. The van der Waals surface area contributed by atoms with E-state index in [9.17, 15) is 18.0 Å². The molecule has 0 spiro atoms. The topological polar surface area (TPSA) is 75.4 Å². The van der Waals surface area contributed by atoms with Crippen LogP contribution in [0.3, 0.4) is 0 Å². The largest absolute Gasteiger partial charge is 0.416 e. The molecule has 1 aliphatic heterocycles. The van der Waals surface area contributed by atoms with E-state index >= 15 is 0 Å². The molecule has 0 unspecified atom stereocenters. The Bertz CT molecular complexity index is 1030. The summed E-state index contributed by atoms with van der Waals surface area (Å²) >= 11 is 0. The van der Waals surface area contributed by atoms with E-state index in [1.54, 1.807) is 4.52 Å². The van der Waals surface area contributed by atoms with E-state index in [4.69, 9.17) is 0 Å². The lowest BCUT2D eigenvalue weighted by molar-refractivity contribution is -0.137. The fourth-order valence-corrected chi connectivity index (χ4v) is 3.44. The zero-order valence-electron chi connectivity index (χ0n) is 15.6. The van der Waals surface area contributed by atoms with Crippen molar-refractivity contribution >= 4 is 23.1 Å². The van der Waals surface area contributed by atoms with E-state index < -0.39 is 11.7 Å². The number of carbonyl (C=O) groups excluding carboxylic acids is 1. The van der Waals surface area contributed by atoms with Crippen LogP contribution in [0.25, 0.3) is 5.65 Å². The van der Waals surface area contributed by atoms with Crippen molar-refractivity contribution in [3.05, 3.63) is 47.8 Å². The van der Waals surface area contributed by atoms with Crippen LogP contribution < -0.4 is 10.2 Å². The summed E-state index contributed by atoms with van der Waals surface area (Å²) in [4.78, 5) is 14.7. The predicted octanol–water partition coefficient (Wildman–Crippen LogP) is 3.31. The lowest BCUT2D eigenvalue weighted by Crippen LogP contribution is -2.41. The Kier molecular flexibility index (Phi) is 4.85. The SMILES string of the molecule is Cc1nnc2ccc(N3CCC[C@@H](C(=O)Nc4ccc(C(F)(F)F)cc4)C3)nn12. The molecule has 10 heteroatoms. The summed E-state index contributed by atoms with van der Waals surface area (Å²) in [5.74, 6) is 0.907. The molecule has 2 aromatic heterocycles. The zero-order valence-corrected chi connectivity index (χ0v) is 15.6. The van der Waals surface area contributed by atoms with Gasteiger partial charge in [0.2, 0.25) is 5.91 Å². The van der Waals surface area contributed by atoms with Gasteiger partial charge in [0, 0.05) is 18.8 Å². The third kappa shape index (κ3) is 4.01. The minimum Gasteiger partial charge on any atom is -0.354 e. The highest BCUT2D eigenvalue weighted by molar-refractivity contribution is 5.93. The van der Waals surface area contributed by atoms with E-state index in [-0.39, 0.29) is 11.8 Å². The molecule has 1 atom stereocenters. The number of nitrogens with zero attached hydrogens (tertiary/aromatic N) is 5. The molecule has 0 radical (unpaired) electrons. The quantitative estimate of drug-likeness (QED) is 0.725. The maximum absolute atomic E-state index is 12.7. The summed E-state index contributed by atoms with van der Waals surface area (Å²) in [6, 6.07) is 8.14. The Morgan fingerprint density at radius 2 is 1.90 bits per heavy atom. The van der Waals surface area contributed by atoms with Gasteiger partial charge in [0.05, 0.1) is 11.5 Å². The molecule has 3 heterocycles. The van der Waals surface area contributed by atoms with Gasteiger partial charge in [-0.1, -0.05) is 0 Å². The van der Waals surface area contributed by atoms with Crippen molar-refractivity contribution in [2.45, 2.75) is 25.9 Å². The van der Waals surface area contributed by atoms with Crippen molar-refractivity contribution in [3.8, 4) is 0 Å². The number of alkyl halides is 3. The Hall–Kier alpha value is -3.17. The van der Waals surface area contributed by atoms with Crippen LogP contribution in [0.15, 0.2) is 36.4 Å². The van der Waals surface area contributed by atoms with Crippen molar-refractivity contribution < 1.29 is 18.0 Å². The molecule has 3 aromatic rings. The fourth-order valence-electron chi connectivity index (χ4n) is 3.44. The first-order valence-electron chi connectivity index (χ1n) is 9.23. The molecule has 0 saturated carbocycles. The van der Waals surface area contributed by atoms with Gasteiger partial charge < -0.3 is 10.2 Å². The van der Waals surface area contributed by atoms with Crippen LogP contribution in [-0.4, -0.2) is 38.8 Å². The number of hydrogen-bond donors (Lipinski definition) is 1. The molecule has 1 aromatic carbocycles. The number of amides is 1. The van der Waals surface area contributed by atoms with Gasteiger partial charge in [0.1, 0.15) is 5.82 Å². The third-order valence-corrected chi connectivity index (χ3v) is 5.00. The molecular weight excluding hydrogens is 385 g/mol. The van der Waals surface area contributed by atoms with Gasteiger partial charge in [0.25, 0.3) is 0 Å². The standard InChI is InChI=1S/C19H19F3N6O/c1-12-24-25-16-8-9-17(26-28(12)16)27-10-2-3-13(11-27)18(29)23-15-6-4-14(5-7-15)19(20,21)22/h4-9,13H,2-3,10-11H2,1H3,(H,23,29)/t13-/m1/s1. The molecule has 1 amide bonds. The molecule has 1 saturated heterocycles. The van der Waals surface area contributed by atoms with Gasteiger partial charge in [-0.3, -0.25) is 4.79 Å². The highest BCUT2D eigenvalue weighted by Gasteiger charge is 2.30. The lowest BCUT2D eigenvalue weighted by Gasteiger charge is -2.32. The number of halogens is 3. The average Bonchev–Trinajstić information content (AvgIpc) is 3.08. The first kappa shape index (κ1) is 19.2. The second-order valence-electron chi connectivity index (χ2n) is 7.06. The van der Waals surface area contributed by atoms with Gasteiger partial charge in [0.15, 0.2) is 11.5 Å². The minimum absolute atomic E-state index is 0.212. The molecule has 0 aliphatic carbocycles. The Balaban J connectivity index is 1.44. The number of nitrogens with one attached hydrogen (secondary N) is 1. The van der Waals surface area contributed by atoms with Crippen molar-refractivity contribution in [2.75, 3.05) is 23.3 Å². The summed E-state index contributed by atoms with van der Waals surface area (Å²) in [5, 5.41) is 15.3. The molecule has 1 aliphatic rings. The lowest BCUT2D eigenvalue weighted by atomic mass is 9.97. The number of benzene rings is 1. The molecule has 1 fully saturated rings. The van der Waals surface area contributed by atoms with Gasteiger partial charge in [-0.25, -0.2) is 0 Å². The average molecular weight is 404 g/mol. The molecule has 1 N–H and O–H groups in total. The van der Waals surface area contributed by atoms with Crippen molar-refractivity contribution in [1.29, 1.82) is 0 Å². The number of carbonyl (C=O) groups is 1. The van der Waals surface area contributed by atoms with Gasteiger partial charge in [-0.15, -0.1) is 15.3 Å². The van der Waals surface area contributed by atoms with Gasteiger partial charge in [-0.05, 0) is 56.2 Å². The van der Waals surface area contributed by atoms with E-state index in [2.05, 4.69) is 20.6 Å². The highest BCUT2D eigenvalue weighted by Crippen LogP contribution is 2.30. The molecule has 0 bridgehead atoms. The minimum atomic E-state index is -4.40. The third-order valence-electron chi connectivity index (χ3n) is 5.00. The van der Waals surface area contributed by atoms with E-state index in [0.717, 1.165) is 30.9 Å². The van der Waals surface area contributed by atoms with Crippen LogP contribution >= 0.6 is 0 Å². The number of hydrogen-bond acceptors (Lipinski definition) is 5. The summed E-state index contributed by atoms with van der Waals surface area (Å²) in [6.07, 6.45) is -2.88. The number of anilines is 2. The van der Waals surface area contributed by atoms with E-state index in [1.807, 2.05) is 24.0 Å². The second-order valence-corrected chi connectivity index (χ2v) is 7.06. The van der Waals surface area contributed by atoms with E-state index in [1.165, 1.54) is 12.1 Å². The van der Waals surface area contributed by atoms with Crippen LogP contribution in [0.2, 0.25) is 0 Å². The van der Waals surface area contributed by atoms with E-state index in [0.29, 0.717) is 30.1 Å². The Morgan fingerprint density at radius 1 is 1.14 bits per heavy atom. The number of piperidine rings is 1. The summed E-state index contributed by atoms with van der Waals surface area (Å²) in [7, 11) is 0. The zero-order chi connectivity index (χ0) is 20.6.